The van der Waals surface area contributed by atoms with Crippen LogP contribution in [0, 0.1) is 0 Å². The van der Waals surface area contributed by atoms with Crippen molar-refractivity contribution in [2.24, 2.45) is 5.14 Å². The summed E-state index contributed by atoms with van der Waals surface area (Å²) in [5, 5.41) is 4.31. The van der Waals surface area contributed by atoms with Crippen LogP contribution in [0.2, 0.25) is 0 Å². The number of carbonyl (C=O) groups is 1. The van der Waals surface area contributed by atoms with E-state index in [2.05, 4.69) is 0 Å². The van der Waals surface area contributed by atoms with Crippen LogP contribution in [0.1, 0.15) is 12.0 Å². The van der Waals surface area contributed by atoms with E-state index in [0.717, 1.165) is 5.56 Å². The van der Waals surface area contributed by atoms with Crippen molar-refractivity contribution in [1.29, 1.82) is 0 Å². The Morgan fingerprint density at radius 2 is 2.05 bits per heavy atom. The Morgan fingerprint density at radius 1 is 1.29 bits per heavy atom. The van der Waals surface area contributed by atoms with E-state index >= 15 is 0 Å². The first-order valence-corrected chi connectivity index (χ1v) is 8.22. The molecule has 2 heterocycles. The monoisotopic (exact) mass is 312 g/mol. The minimum absolute atomic E-state index is 0.0278. The van der Waals surface area contributed by atoms with E-state index in [0.29, 0.717) is 24.5 Å². The molecular formula is C13H16N2O5S. The summed E-state index contributed by atoms with van der Waals surface area (Å²) < 4.78 is 33.1. The smallest absolute Gasteiger partial charge is 0.231 e. The molecule has 1 unspecified atom stereocenters. The number of rotatable bonds is 4. The fourth-order valence-electron chi connectivity index (χ4n) is 2.53. The lowest BCUT2D eigenvalue weighted by Gasteiger charge is -2.16. The number of sulfonamides is 1. The molecule has 21 heavy (non-hydrogen) atoms. The number of hydrogen-bond donors (Lipinski definition) is 1. The van der Waals surface area contributed by atoms with Crippen molar-refractivity contribution in [2.45, 2.75) is 18.1 Å². The number of hydrogen-bond acceptors (Lipinski definition) is 5. The van der Waals surface area contributed by atoms with Gasteiger partial charge in [0.15, 0.2) is 11.5 Å². The lowest BCUT2D eigenvalue weighted by Crippen LogP contribution is -2.33. The highest BCUT2D eigenvalue weighted by Crippen LogP contribution is 2.32. The zero-order chi connectivity index (χ0) is 15.0. The molecule has 1 aromatic rings. The fourth-order valence-corrected chi connectivity index (χ4v) is 3.30. The van der Waals surface area contributed by atoms with Crippen molar-refractivity contribution in [3.8, 4) is 11.5 Å². The average molecular weight is 312 g/mol. The molecule has 0 aromatic heterocycles. The van der Waals surface area contributed by atoms with Gasteiger partial charge in [-0.3, -0.25) is 4.79 Å². The van der Waals surface area contributed by atoms with Crippen molar-refractivity contribution in [3.63, 3.8) is 0 Å². The Morgan fingerprint density at radius 3 is 2.76 bits per heavy atom. The molecule has 8 heteroatoms. The van der Waals surface area contributed by atoms with Crippen LogP contribution >= 0.6 is 0 Å². The highest BCUT2D eigenvalue weighted by atomic mass is 32.2. The number of amides is 1. The normalized spacial score (nSPS) is 21.1. The number of nitrogens with two attached hydrogens (primary N) is 1. The second-order valence-corrected chi connectivity index (χ2v) is 7.04. The predicted octanol–water partition coefficient (Wildman–Crippen LogP) is -0.153. The van der Waals surface area contributed by atoms with Gasteiger partial charge < -0.3 is 14.4 Å². The van der Waals surface area contributed by atoms with Gasteiger partial charge in [-0.15, -0.1) is 0 Å². The van der Waals surface area contributed by atoms with Gasteiger partial charge >= 0.3 is 0 Å². The van der Waals surface area contributed by atoms with Crippen molar-refractivity contribution < 1.29 is 22.7 Å². The largest absolute Gasteiger partial charge is 0.454 e. The predicted molar refractivity (Wildman–Crippen MR) is 74.4 cm³/mol. The maximum Gasteiger partial charge on any atom is 0.231 e. The highest BCUT2D eigenvalue weighted by molar-refractivity contribution is 7.89. The molecule has 0 saturated carbocycles. The van der Waals surface area contributed by atoms with Gasteiger partial charge in [0.1, 0.15) is 5.25 Å². The molecule has 1 aromatic carbocycles. The molecule has 1 amide bonds. The summed E-state index contributed by atoms with van der Waals surface area (Å²) in [4.78, 5) is 13.3. The zero-order valence-corrected chi connectivity index (χ0v) is 12.1. The Labute approximate surface area is 122 Å². The van der Waals surface area contributed by atoms with Gasteiger partial charge in [0, 0.05) is 19.5 Å². The molecule has 1 fully saturated rings. The first kappa shape index (κ1) is 14.2. The molecule has 2 aliphatic rings. The second kappa shape index (κ2) is 5.19. The summed E-state index contributed by atoms with van der Waals surface area (Å²) in [7, 11) is -3.66. The number of nitrogens with zero attached hydrogens (tertiary/aromatic N) is 1. The summed E-state index contributed by atoms with van der Waals surface area (Å²) in [6, 6.07) is 5.61. The number of carbonyl (C=O) groups excluding carboxylic acids is 1. The van der Waals surface area contributed by atoms with E-state index in [1.807, 2.05) is 18.2 Å². The van der Waals surface area contributed by atoms with Crippen LogP contribution < -0.4 is 14.6 Å². The summed E-state index contributed by atoms with van der Waals surface area (Å²) in [6.07, 6.45) is 0.597. The minimum Gasteiger partial charge on any atom is -0.454 e. The number of benzene rings is 1. The summed E-state index contributed by atoms with van der Waals surface area (Å²) >= 11 is 0. The molecule has 0 radical (unpaired) electrons. The van der Waals surface area contributed by atoms with Gasteiger partial charge in [-0.25, -0.2) is 13.6 Å². The maximum absolute atomic E-state index is 11.8. The Bertz CT molecular complexity index is 673. The van der Waals surface area contributed by atoms with E-state index in [1.54, 1.807) is 4.90 Å². The summed E-state index contributed by atoms with van der Waals surface area (Å²) in [5.74, 6) is 1.24. The maximum atomic E-state index is 11.8. The van der Waals surface area contributed by atoms with Crippen molar-refractivity contribution in [3.05, 3.63) is 23.8 Å². The SMILES string of the molecule is NS(=O)(=O)C1CC(=O)N(CCc2ccc3c(c2)OCO3)C1. The number of primary sulfonamides is 1. The third kappa shape index (κ3) is 2.96. The highest BCUT2D eigenvalue weighted by Gasteiger charge is 2.36. The third-order valence-electron chi connectivity index (χ3n) is 3.75. The Hall–Kier alpha value is -1.80. The molecule has 2 aliphatic heterocycles. The first-order chi connectivity index (χ1) is 9.93. The standard InChI is InChI=1S/C13H16N2O5S/c14-21(17,18)10-6-13(16)15(7-10)4-3-9-1-2-11-12(5-9)20-8-19-11/h1-2,5,10H,3-4,6-8H2,(H2,14,17,18). The number of likely N-dealkylation sites (tertiary alicyclic amines) is 1. The number of ether oxygens (including phenoxy) is 2. The van der Waals surface area contributed by atoms with Crippen LogP contribution in [0.4, 0.5) is 0 Å². The van der Waals surface area contributed by atoms with Crippen LogP contribution in [0.5, 0.6) is 11.5 Å². The van der Waals surface area contributed by atoms with Gasteiger partial charge in [0.2, 0.25) is 22.7 Å². The minimum atomic E-state index is -3.66. The average Bonchev–Trinajstić information content (AvgIpc) is 3.01. The topological polar surface area (TPSA) is 98.9 Å². The molecule has 0 aliphatic carbocycles. The first-order valence-electron chi connectivity index (χ1n) is 6.61. The van der Waals surface area contributed by atoms with E-state index in [4.69, 9.17) is 14.6 Å². The molecule has 0 bridgehead atoms. The lowest BCUT2D eigenvalue weighted by atomic mass is 10.1. The Kier molecular flexibility index (Phi) is 3.50. The van der Waals surface area contributed by atoms with Crippen LogP contribution in [0.3, 0.4) is 0 Å². The van der Waals surface area contributed by atoms with Crippen LogP contribution in [0.25, 0.3) is 0 Å². The van der Waals surface area contributed by atoms with Gasteiger partial charge in [-0.2, -0.15) is 0 Å². The van der Waals surface area contributed by atoms with Crippen LogP contribution in [0.15, 0.2) is 18.2 Å². The third-order valence-corrected chi connectivity index (χ3v) is 5.00. The Balaban J connectivity index is 1.62. The van der Waals surface area contributed by atoms with E-state index in [9.17, 15) is 13.2 Å². The van der Waals surface area contributed by atoms with Gasteiger partial charge in [0.05, 0.1) is 0 Å². The fraction of sp³-hybridized carbons (Fsp3) is 0.462. The van der Waals surface area contributed by atoms with Crippen molar-refractivity contribution in [1.82, 2.24) is 4.90 Å². The molecular weight excluding hydrogens is 296 g/mol. The summed E-state index contributed by atoms with van der Waals surface area (Å²) in [6.45, 7) is 0.853. The van der Waals surface area contributed by atoms with Crippen molar-refractivity contribution >= 4 is 15.9 Å². The summed E-state index contributed by atoms with van der Waals surface area (Å²) in [5.41, 5.74) is 1.01. The molecule has 1 atom stereocenters. The number of fused-ring (bicyclic) bond motifs is 1. The molecule has 2 N–H and O–H groups in total. The lowest BCUT2D eigenvalue weighted by molar-refractivity contribution is -0.127. The quantitative estimate of drug-likeness (QED) is 0.833. The molecule has 114 valence electrons. The van der Waals surface area contributed by atoms with Gasteiger partial charge in [0.25, 0.3) is 0 Å². The zero-order valence-electron chi connectivity index (χ0n) is 11.3. The molecule has 3 rings (SSSR count). The van der Waals surface area contributed by atoms with Gasteiger partial charge in [-0.05, 0) is 24.1 Å². The molecule has 0 spiro atoms. The van der Waals surface area contributed by atoms with E-state index in [1.165, 1.54) is 0 Å². The van der Waals surface area contributed by atoms with E-state index in [-0.39, 0.29) is 25.7 Å². The van der Waals surface area contributed by atoms with E-state index < -0.39 is 15.3 Å². The molecule has 1 saturated heterocycles. The van der Waals surface area contributed by atoms with Gasteiger partial charge in [-0.1, -0.05) is 6.07 Å². The van der Waals surface area contributed by atoms with Crippen LogP contribution in [-0.2, 0) is 21.2 Å². The van der Waals surface area contributed by atoms with Crippen LogP contribution in [-0.4, -0.2) is 44.4 Å². The molecule has 7 nitrogen and oxygen atoms in total. The van der Waals surface area contributed by atoms with Crippen molar-refractivity contribution in [2.75, 3.05) is 19.9 Å². The second-order valence-electron chi connectivity index (χ2n) is 5.19.